The van der Waals surface area contributed by atoms with Gasteiger partial charge in [0, 0.05) is 19.5 Å². The number of rotatable bonds is 6. The van der Waals surface area contributed by atoms with E-state index in [1.807, 2.05) is 6.08 Å². The standard InChI is InChI=1S/C13H21N5OS/c1-3-8-18-12(10-4-6-15-7-5-10)16-17-13(18)20-9-11(19)14-2/h3,10,15H,1,4-9H2,2H3,(H,14,19). The van der Waals surface area contributed by atoms with E-state index in [4.69, 9.17) is 0 Å². The quantitative estimate of drug-likeness (QED) is 0.599. The SMILES string of the molecule is C=CCn1c(SCC(=O)NC)nnc1C1CCNCC1. The molecule has 0 radical (unpaired) electrons. The minimum Gasteiger partial charge on any atom is -0.358 e. The molecule has 110 valence electrons. The molecule has 0 saturated carbocycles. The fourth-order valence-corrected chi connectivity index (χ4v) is 3.12. The van der Waals surface area contributed by atoms with E-state index in [0.29, 0.717) is 18.2 Å². The molecule has 1 fully saturated rings. The first-order chi connectivity index (χ1) is 9.76. The van der Waals surface area contributed by atoms with Gasteiger partial charge in [-0.3, -0.25) is 4.79 Å². The number of nitrogens with one attached hydrogen (secondary N) is 2. The molecule has 1 aromatic heterocycles. The van der Waals surface area contributed by atoms with Gasteiger partial charge in [0.15, 0.2) is 5.16 Å². The number of thioether (sulfide) groups is 1. The van der Waals surface area contributed by atoms with Gasteiger partial charge in [-0.15, -0.1) is 16.8 Å². The van der Waals surface area contributed by atoms with Crippen LogP contribution in [0.5, 0.6) is 0 Å². The van der Waals surface area contributed by atoms with Crippen LogP contribution in [-0.2, 0) is 11.3 Å². The molecular formula is C13H21N5OS. The second-order valence-electron chi connectivity index (χ2n) is 4.73. The van der Waals surface area contributed by atoms with E-state index in [2.05, 4.69) is 32.0 Å². The van der Waals surface area contributed by atoms with Gasteiger partial charge in [0.1, 0.15) is 5.82 Å². The van der Waals surface area contributed by atoms with Crippen LogP contribution < -0.4 is 10.6 Å². The Morgan fingerprint density at radius 3 is 2.95 bits per heavy atom. The van der Waals surface area contributed by atoms with Gasteiger partial charge >= 0.3 is 0 Å². The summed E-state index contributed by atoms with van der Waals surface area (Å²) in [6.07, 6.45) is 4.00. The summed E-state index contributed by atoms with van der Waals surface area (Å²) >= 11 is 1.42. The summed E-state index contributed by atoms with van der Waals surface area (Å²) in [4.78, 5) is 11.3. The Hall–Kier alpha value is -1.34. The van der Waals surface area contributed by atoms with Crippen LogP contribution >= 0.6 is 11.8 Å². The molecule has 2 rings (SSSR count). The monoisotopic (exact) mass is 295 g/mol. The fourth-order valence-electron chi connectivity index (χ4n) is 2.29. The van der Waals surface area contributed by atoms with E-state index in [1.54, 1.807) is 7.05 Å². The van der Waals surface area contributed by atoms with Crippen LogP contribution in [0.15, 0.2) is 17.8 Å². The van der Waals surface area contributed by atoms with Crippen LogP contribution in [-0.4, -0.2) is 46.6 Å². The van der Waals surface area contributed by atoms with E-state index in [1.165, 1.54) is 11.8 Å². The van der Waals surface area contributed by atoms with Crippen molar-refractivity contribution in [3.8, 4) is 0 Å². The highest BCUT2D eigenvalue weighted by atomic mass is 32.2. The van der Waals surface area contributed by atoms with Crippen LogP contribution in [0, 0.1) is 0 Å². The van der Waals surface area contributed by atoms with Gasteiger partial charge in [-0.25, -0.2) is 0 Å². The Kier molecular flexibility index (Phi) is 5.60. The topological polar surface area (TPSA) is 71.8 Å². The number of aromatic nitrogens is 3. The summed E-state index contributed by atoms with van der Waals surface area (Å²) in [6, 6.07) is 0. The van der Waals surface area contributed by atoms with E-state index in [0.717, 1.165) is 36.9 Å². The van der Waals surface area contributed by atoms with Gasteiger partial charge in [0.05, 0.1) is 5.75 Å². The average molecular weight is 295 g/mol. The molecule has 2 heterocycles. The zero-order valence-electron chi connectivity index (χ0n) is 11.8. The third kappa shape index (κ3) is 3.61. The van der Waals surface area contributed by atoms with Crippen molar-refractivity contribution in [2.24, 2.45) is 0 Å². The van der Waals surface area contributed by atoms with Crippen LogP contribution in [0.3, 0.4) is 0 Å². The molecule has 1 amide bonds. The Balaban J connectivity index is 2.13. The molecule has 1 aliphatic rings. The van der Waals surface area contributed by atoms with E-state index in [-0.39, 0.29) is 5.91 Å². The van der Waals surface area contributed by atoms with Crippen molar-refractivity contribution in [2.75, 3.05) is 25.9 Å². The molecule has 0 bridgehead atoms. The maximum atomic E-state index is 11.3. The molecule has 20 heavy (non-hydrogen) atoms. The lowest BCUT2D eigenvalue weighted by atomic mass is 9.97. The lowest BCUT2D eigenvalue weighted by molar-refractivity contribution is -0.118. The second-order valence-corrected chi connectivity index (χ2v) is 5.67. The Morgan fingerprint density at radius 1 is 1.55 bits per heavy atom. The highest BCUT2D eigenvalue weighted by molar-refractivity contribution is 7.99. The van der Waals surface area contributed by atoms with Crippen molar-refractivity contribution >= 4 is 17.7 Å². The van der Waals surface area contributed by atoms with Crippen molar-refractivity contribution in [1.82, 2.24) is 25.4 Å². The summed E-state index contributed by atoms with van der Waals surface area (Å²) in [5, 5.41) is 15.4. The van der Waals surface area contributed by atoms with Crippen molar-refractivity contribution in [2.45, 2.75) is 30.5 Å². The Bertz CT molecular complexity index is 467. The number of carbonyl (C=O) groups is 1. The van der Waals surface area contributed by atoms with Gasteiger partial charge in [-0.1, -0.05) is 17.8 Å². The van der Waals surface area contributed by atoms with Gasteiger partial charge in [-0.05, 0) is 25.9 Å². The van der Waals surface area contributed by atoms with Gasteiger partial charge < -0.3 is 15.2 Å². The number of carbonyl (C=O) groups excluding carboxylic acids is 1. The molecule has 0 aliphatic carbocycles. The van der Waals surface area contributed by atoms with E-state index in [9.17, 15) is 4.79 Å². The molecular weight excluding hydrogens is 274 g/mol. The van der Waals surface area contributed by atoms with Crippen LogP contribution in [0.4, 0.5) is 0 Å². The Labute approximate surface area is 123 Å². The van der Waals surface area contributed by atoms with Crippen molar-refractivity contribution in [1.29, 1.82) is 0 Å². The zero-order valence-corrected chi connectivity index (χ0v) is 12.6. The Morgan fingerprint density at radius 2 is 2.30 bits per heavy atom. The average Bonchev–Trinajstić information content (AvgIpc) is 2.89. The van der Waals surface area contributed by atoms with Gasteiger partial charge in [0.25, 0.3) is 0 Å². The molecule has 1 aliphatic heterocycles. The normalized spacial score (nSPS) is 16.1. The van der Waals surface area contributed by atoms with Crippen LogP contribution in [0.1, 0.15) is 24.6 Å². The summed E-state index contributed by atoms with van der Waals surface area (Å²) in [5.74, 6) is 1.81. The third-order valence-electron chi connectivity index (χ3n) is 3.37. The number of allylic oxidation sites excluding steroid dienone is 1. The minimum atomic E-state index is -0.00781. The maximum absolute atomic E-state index is 11.3. The summed E-state index contributed by atoms with van der Waals surface area (Å²) in [7, 11) is 1.64. The van der Waals surface area contributed by atoms with Crippen molar-refractivity contribution < 1.29 is 4.79 Å². The van der Waals surface area contributed by atoms with E-state index >= 15 is 0 Å². The fraction of sp³-hybridized carbons (Fsp3) is 0.615. The molecule has 0 spiro atoms. The van der Waals surface area contributed by atoms with Crippen molar-refractivity contribution in [3.05, 3.63) is 18.5 Å². The molecule has 0 aromatic carbocycles. The smallest absolute Gasteiger partial charge is 0.230 e. The summed E-state index contributed by atoms with van der Waals surface area (Å²) in [5.41, 5.74) is 0. The highest BCUT2D eigenvalue weighted by Crippen LogP contribution is 2.27. The summed E-state index contributed by atoms with van der Waals surface area (Å²) in [6.45, 7) is 6.52. The van der Waals surface area contributed by atoms with E-state index < -0.39 is 0 Å². The number of amides is 1. The first kappa shape index (κ1) is 15.1. The minimum absolute atomic E-state index is 0.00781. The van der Waals surface area contributed by atoms with Crippen molar-refractivity contribution in [3.63, 3.8) is 0 Å². The number of hydrogen-bond acceptors (Lipinski definition) is 5. The first-order valence-electron chi connectivity index (χ1n) is 6.84. The highest BCUT2D eigenvalue weighted by Gasteiger charge is 2.23. The maximum Gasteiger partial charge on any atom is 0.230 e. The molecule has 2 N–H and O–H groups in total. The van der Waals surface area contributed by atoms with Gasteiger partial charge in [-0.2, -0.15) is 0 Å². The largest absolute Gasteiger partial charge is 0.358 e. The molecule has 7 heteroatoms. The van der Waals surface area contributed by atoms with Gasteiger partial charge in [0.2, 0.25) is 5.91 Å². The number of hydrogen-bond donors (Lipinski definition) is 2. The molecule has 0 unspecified atom stereocenters. The zero-order chi connectivity index (χ0) is 14.4. The number of nitrogens with zero attached hydrogens (tertiary/aromatic N) is 3. The number of piperidine rings is 1. The van der Waals surface area contributed by atoms with Crippen LogP contribution in [0.25, 0.3) is 0 Å². The predicted molar refractivity (Wildman–Crippen MR) is 79.9 cm³/mol. The lowest BCUT2D eigenvalue weighted by Gasteiger charge is -2.22. The lowest BCUT2D eigenvalue weighted by Crippen LogP contribution is -2.28. The molecule has 6 nitrogen and oxygen atoms in total. The molecule has 1 saturated heterocycles. The van der Waals surface area contributed by atoms with Crippen LogP contribution in [0.2, 0.25) is 0 Å². The summed E-state index contributed by atoms with van der Waals surface area (Å²) < 4.78 is 2.08. The second kappa shape index (κ2) is 7.44. The third-order valence-corrected chi connectivity index (χ3v) is 4.34. The first-order valence-corrected chi connectivity index (χ1v) is 7.83. The molecule has 1 aromatic rings. The predicted octanol–water partition coefficient (Wildman–Crippen LogP) is 0.769. The molecule has 0 atom stereocenters.